The van der Waals surface area contributed by atoms with Gasteiger partial charge in [0.15, 0.2) is 0 Å². The predicted octanol–water partition coefficient (Wildman–Crippen LogP) is 3.05. The summed E-state index contributed by atoms with van der Waals surface area (Å²) in [5.41, 5.74) is 6.39. The van der Waals surface area contributed by atoms with Crippen LogP contribution < -0.4 is 10.5 Å². The van der Waals surface area contributed by atoms with Gasteiger partial charge in [0.2, 0.25) is 5.88 Å². The Morgan fingerprint density at radius 3 is 2.89 bits per heavy atom. The van der Waals surface area contributed by atoms with Crippen molar-refractivity contribution in [1.29, 1.82) is 0 Å². The Hall–Kier alpha value is -1.53. The number of pyridine rings is 1. The molecule has 0 bridgehead atoms. The number of hydrogen-bond acceptors (Lipinski definition) is 6. The van der Waals surface area contributed by atoms with E-state index in [-0.39, 0.29) is 0 Å². The third-order valence-corrected chi connectivity index (χ3v) is 3.63. The molecule has 2 aromatic heterocycles. The Bertz CT molecular complexity index is 567. The van der Waals surface area contributed by atoms with E-state index in [0.29, 0.717) is 33.2 Å². The number of nitrogens with two attached hydrogens (primary N) is 1. The third-order valence-electron chi connectivity index (χ3n) is 2.17. The highest BCUT2D eigenvalue weighted by molar-refractivity contribution is 7.99. The summed E-state index contributed by atoms with van der Waals surface area (Å²) in [5, 5.41) is 1.79. The van der Waals surface area contributed by atoms with E-state index < -0.39 is 0 Å². The molecule has 0 unspecified atom stereocenters. The van der Waals surface area contributed by atoms with E-state index in [1.807, 2.05) is 6.92 Å². The van der Waals surface area contributed by atoms with Gasteiger partial charge in [0.1, 0.15) is 22.1 Å². The second-order valence-corrected chi connectivity index (χ2v) is 5.02. The molecule has 0 aliphatic carbocycles. The van der Waals surface area contributed by atoms with E-state index in [4.69, 9.17) is 22.1 Å². The quantitative estimate of drug-likeness (QED) is 0.855. The fourth-order valence-electron chi connectivity index (χ4n) is 1.30. The standard InChI is InChI=1S/C12H13ClN4OS/c1-2-6-18-10-9(14)12(17-7-16-10)19-11-8(13)4-3-5-15-11/h3-5,7H,2,6,14H2,1H3. The van der Waals surface area contributed by atoms with Crippen LogP contribution in [-0.4, -0.2) is 21.6 Å². The molecular weight excluding hydrogens is 284 g/mol. The van der Waals surface area contributed by atoms with Gasteiger partial charge in [-0.3, -0.25) is 0 Å². The van der Waals surface area contributed by atoms with Gasteiger partial charge in [0, 0.05) is 6.20 Å². The Morgan fingerprint density at radius 2 is 2.16 bits per heavy atom. The van der Waals surface area contributed by atoms with E-state index >= 15 is 0 Å². The van der Waals surface area contributed by atoms with Crippen molar-refractivity contribution in [3.8, 4) is 5.88 Å². The van der Waals surface area contributed by atoms with Crippen LogP contribution in [0.4, 0.5) is 5.69 Å². The number of anilines is 1. The number of nitrogens with zero attached hydrogens (tertiary/aromatic N) is 3. The largest absolute Gasteiger partial charge is 0.476 e. The second-order valence-electron chi connectivity index (χ2n) is 3.64. The molecule has 0 radical (unpaired) electrons. The molecule has 0 spiro atoms. The Morgan fingerprint density at radius 1 is 1.32 bits per heavy atom. The first-order valence-electron chi connectivity index (χ1n) is 5.74. The summed E-state index contributed by atoms with van der Waals surface area (Å²) in [4.78, 5) is 12.3. The molecule has 0 saturated heterocycles. The molecule has 0 atom stereocenters. The van der Waals surface area contributed by atoms with Gasteiger partial charge >= 0.3 is 0 Å². The minimum atomic E-state index is 0.395. The molecule has 2 aromatic rings. The lowest BCUT2D eigenvalue weighted by molar-refractivity contribution is 0.305. The molecule has 0 saturated carbocycles. The van der Waals surface area contributed by atoms with Crippen molar-refractivity contribution >= 4 is 29.1 Å². The smallest absolute Gasteiger partial charge is 0.241 e. The zero-order chi connectivity index (χ0) is 13.7. The number of ether oxygens (including phenoxy) is 1. The fourth-order valence-corrected chi connectivity index (χ4v) is 2.29. The summed E-state index contributed by atoms with van der Waals surface area (Å²) in [6.07, 6.45) is 3.97. The lowest BCUT2D eigenvalue weighted by atomic mass is 10.5. The molecule has 100 valence electrons. The van der Waals surface area contributed by atoms with E-state index in [1.54, 1.807) is 18.3 Å². The molecule has 0 fully saturated rings. The number of aromatic nitrogens is 3. The lowest BCUT2D eigenvalue weighted by Crippen LogP contribution is -2.03. The Kier molecular flexibility index (Phi) is 4.81. The van der Waals surface area contributed by atoms with Crippen molar-refractivity contribution in [1.82, 2.24) is 15.0 Å². The topological polar surface area (TPSA) is 73.9 Å². The Labute approximate surface area is 120 Å². The van der Waals surface area contributed by atoms with Crippen molar-refractivity contribution in [3.63, 3.8) is 0 Å². The molecular formula is C12H13ClN4OS. The lowest BCUT2D eigenvalue weighted by Gasteiger charge is -2.09. The molecule has 7 heteroatoms. The monoisotopic (exact) mass is 296 g/mol. The third kappa shape index (κ3) is 3.48. The minimum Gasteiger partial charge on any atom is -0.476 e. The van der Waals surface area contributed by atoms with Crippen LogP contribution in [0.3, 0.4) is 0 Å². The summed E-state index contributed by atoms with van der Waals surface area (Å²) >= 11 is 7.34. The first kappa shape index (κ1) is 13.9. The van der Waals surface area contributed by atoms with Crippen LogP contribution in [0.25, 0.3) is 0 Å². The average molecular weight is 297 g/mol. The molecule has 0 aromatic carbocycles. The minimum absolute atomic E-state index is 0.395. The number of nitrogen functional groups attached to an aromatic ring is 1. The van der Waals surface area contributed by atoms with Crippen molar-refractivity contribution in [2.75, 3.05) is 12.3 Å². The van der Waals surface area contributed by atoms with Crippen LogP contribution in [0, 0.1) is 0 Å². The maximum absolute atomic E-state index is 6.05. The highest BCUT2D eigenvalue weighted by atomic mass is 35.5. The van der Waals surface area contributed by atoms with Gasteiger partial charge in [-0.25, -0.2) is 9.97 Å². The van der Waals surface area contributed by atoms with Crippen molar-refractivity contribution in [2.45, 2.75) is 23.4 Å². The molecule has 5 nitrogen and oxygen atoms in total. The zero-order valence-electron chi connectivity index (χ0n) is 10.3. The van der Waals surface area contributed by atoms with Gasteiger partial charge in [-0.2, -0.15) is 4.98 Å². The number of hydrogen-bond donors (Lipinski definition) is 1. The normalized spacial score (nSPS) is 10.4. The van der Waals surface area contributed by atoms with Crippen molar-refractivity contribution in [2.24, 2.45) is 0 Å². The summed E-state index contributed by atoms with van der Waals surface area (Å²) in [6.45, 7) is 2.58. The van der Waals surface area contributed by atoms with Crippen molar-refractivity contribution in [3.05, 3.63) is 29.7 Å². The van der Waals surface area contributed by atoms with Gasteiger partial charge in [-0.15, -0.1) is 0 Å². The Balaban J connectivity index is 2.23. The van der Waals surface area contributed by atoms with E-state index in [2.05, 4.69) is 15.0 Å². The average Bonchev–Trinajstić information content (AvgIpc) is 2.42. The number of halogens is 1. The van der Waals surface area contributed by atoms with Crippen LogP contribution in [0.5, 0.6) is 5.88 Å². The highest BCUT2D eigenvalue weighted by Gasteiger charge is 2.12. The van der Waals surface area contributed by atoms with Crippen LogP contribution in [-0.2, 0) is 0 Å². The summed E-state index contributed by atoms with van der Waals surface area (Å²) in [6, 6.07) is 3.54. The molecule has 2 heterocycles. The summed E-state index contributed by atoms with van der Waals surface area (Å²) in [5.74, 6) is 0.395. The van der Waals surface area contributed by atoms with Crippen LogP contribution in [0.2, 0.25) is 5.02 Å². The van der Waals surface area contributed by atoms with Crippen molar-refractivity contribution < 1.29 is 4.74 Å². The maximum Gasteiger partial charge on any atom is 0.241 e. The fraction of sp³-hybridized carbons (Fsp3) is 0.250. The molecule has 2 rings (SSSR count). The molecule has 19 heavy (non-hydrogen) atoms. The highest BCUT2D eigenvalue weighted by Crippen LogP contribution is 2.35. The molecule has 0 aliphatic rings. The first-order valence-corrected chi connectivity index (χ1v) is 6.93. The molecule has 0 aliphatic heterocycles. The van der Waals surface area contributed by atoms with Crippen LogP contribution >= 0.6 is 23.4 Å². The van der Waals surface area contributed by atoms with Gasteiger partial charge in [0.25, 0.3) is 0 Å². The summed E-state index contributed by atoms with van der Waals surface area (Å²) < 4.78 is 5.45. The van der Waals surface area contributed by atoms with Gasteiger partial charge in [-0.1, -0.05) is 18.5 Å². The van der Waals surface area contributed by atoms with Gasteiger partial charge in [-0.05, 0) is 30.3 Å². The second kappa shape index (κ2) is 6.58. The first-order chi connectivity index (χ1) is 9.22. The molecule has 0 amide bonds. The van der Waals surface area contributed by atoms with E-state index in [9.17, 15) is 0 Å². The van der Waals surface area contributed by atoms with Gasteiger partial charge < -0.3 is 10.5 Å². The molecule has 2 N–H and O–H groups in total. The van der Waals surface area contributed by atoms with Crippen LogP contribution in [0.15, 0.2) is 34.7 Å². The van der Waals surface area contributed by atoms with E-state index in [0.717, 1.165) is 6.42 Å². The predicted molar refractivity (Wildman–Crippen MR) is 75.6 cm³/mol. The SMILES string of the molecule is CCCOc1ncnc(Sc2ncccc2Cl)c1N. The van der Waals surface area contributed by atoms with Crippen LogP contribution in [0.1, 0.15) is 13.3 Å². The van der Waals surface area contributed by atoms with Gasteiger partial charge in [0.05, 0.1) is 11.6 Å². The zero-order valence-corrected chi connectivity index (χ0v) is 11.9. The number of rotatable bonds is 5. The maximum atomic E-state index is 6.05. The summed E-state index contributed by atoms with van der Waals surface area (Å²) in [7, 11) is 0. The van der Waals surface area contributed by atoms with E-state index in [1.165, 1.54) is 18.1 Å².